The van der Waals surface area contributed by atoms with Crippen LogP contribution in [0.5, 0.6) is 5.75 Å². The quantitative estimate of drug-likeness (QED) is 0.677. The molecule has 0 aliphatic carbocycles. The fraction of sp³-hybridized carbons (Fsp3) is 0.273. The average Bonchev–Trinajstić information content (AvgIpc) is 2.09. The molecule has 0 heterocycles. The van der Waals surface area contributed by atoms with Crippen LogP contribution in [-0.2, 0) is 6.42 Å². The molecular formula is C11H14O. The van der Waals surface area contributed by atoms with E-state index in [0.29, 0.717) is 5.75 Å². The van der Waals surface area contributed by atoms with Crippen LogP contribution >= 0.6 is 0 Å². The third-order valence-electron chi connectivity index (χ3n) is 1.77. The van der Waals surface area contributed by atoms with Gasteiger partial charge in [-0.1, -0.05) is 24.3 Å². The van der Waals surface area contributed by atoms with E-state index in [-0.39, 0.29) is 0 Å². The Bertz CT molecular complexity index is 246. The molecule has 0 unspecified atom stereocenters. The van der Waals surface area contributed by atoms with Crippen LogP contribution < -0.4 is 0 Å². The van der Waals surface area contributed by atoms with Gasteiger partial charge in [0.1, 0.15) is 5.75 Å². The molecule has 0 aliphatic rings. The van der Waals surface area contributed by atoms with E-state index in [4.69, 9.17) is 5.11 Å². The highest BCUT2D eigenvalue weighted by Crippen LogP contribution is 2.10. The molecule has 1 aromatic rings. The van der Waals surface area contributed by atoms with Gasteiger partial charge in [0, 0.05) is 0 Å². The summed E-state index contributed by atoms with van der Waals surface area (Å²) < 4.78 is 0. The first kappa shape index (κ1) is 8.85. The van der Waals surface area contributed by atoms with E-state index in [1.807, 2.05) is 19.1 Å². The molecular weight excluding hydrogens is 148 g/mol. The second-order valence-corrected chi connectivity index (χ2v) is 2.77. The fourth-order valence-electron chi connectivity index (χ4n) is 1.08. The largest absolute Gasteiger partial charge is 0.508 e. The van der Waals surface area contributed by atoms with Crippen LogP contribution in [-0.4, -0.2) is 5.11 Å². The van der Waals surface area contributed by atoms with Gasteiger partial charge in [0.15, 0.2) is 0 Å². The van der Waals surface area contributed by atoms with Gasteiger partial charge in [0.25, 0.3) is 0 Å². The summed E-state index contributed by atoms with van der Waals surface area (Å²) in [6.45, 7) is 2.02. The Balaban J connectivity index is 2.47. The minimum atomic E-state index is 0.338. The summed E-state index contributed by atoms with van der Waals surface area (Å²) in [4.78, 5) is 0. The maximum Gasteiger partial charge on any atom is 0.115 e. The zero-order valence-electron chi connectivity index (χ0n) is 7.33. The second kappa shape index (κ2) is 4.60. The lowest BCUT2D eigenvalue weighted by Gasteiger charge is -1.97. The maximum absolute atomic E-state index is 9.01. The first-order valence-electron chi connectivity index (χ1n) is 4.22. The smallest absolute Gasteiger partial charge is 0.115 e. The fourth-order valence-corrected chi connectivity index (χ4v) is 1.08. The first-order valence-corrected chi connectivity index (χ1v) is 4.22. The van der Waals surface area contributed by atoms with Crippen molar-refractivity contribution in [3.05, 3.63) is 42.0 Å². The molecule has 0 aliphatic heterocycles. The normalized spacial score (nSPS) is 10.8. The van der Waals surface area contributed by atoms with Gasteiger partial charge < -0.3 is 5.11 Å². The van der Waals surface area contributed by atoms with Crippen LogP contribution in [0, 0.1) is 0 Å². The van der Waals surface area contributed by atoms with Crippen molar-refractivity contribution in [2.45, 2.75) is 19.8 Å². The van der Waals surface area contributed by atoms with Gasteiger partial charge in [-0.15, -0.1) is 0 Å². The van der Waals surface area contributed by atoms with E-state index in [0.717, 1.165) is 12.8 Å². The average molecular weight is 162 g/mol. The Labute approximate surface area is 73.4 Å². The van der Waals surface area contributed by atoms with Crippen LogP contribution in [0.2, 0.25) is 0 Å². The van der Waals surface area contributed by atoms with E-state index < -0.39 is 0 Å². The zero-order chi connectivity index (χ0) is 8.81. The molecule has 12 heavy (non-hydrogen) atoms. The SMILES string of the molecule is C/C=C\CCc1ccc(O)cc1. The molecule has 0 radical (unpaired) electrons. The zero-order valence-corrected chi connectivity index (χ0v) is 7.33. The van der Waals surface area contributed by atoms with Gasteiger partial charge in [0.2, 0.25) is 0 Å². The van der Waals surface area contributed by atoms with Crippen molar-refractivity contribution in [3.63, 3.8) is 0 Å². The van der Waals surface area contributed by atoms with Crippen molar-refractivity contribution >= 4 is 0 Å². The lowest BCUT2D eigenvalue weighted by atomic mass is 10.1. The number of hydrogen-bond acceptors (Lipinski definition) is 1. The van der Waals surface area contributed by atoms with Gasteiger partial charge in [-0.25, -0.2) is 0 Å². The van der Waals surface area contributed by atoms with E-state index >= 15 is 0 Å². The summed E-state index contributed by atoms with van der Waals surface area (Å²) in [5.41, 5.74) is 1.27. The second-order valence-electron chi connectivity index (χ2n) is 2.77. The maximum atomic E-state index is 9.01. The number of allylic oxidation sites excluding steroid dienone is 2. The number of hydrogen-bond donors (Lipinski definition) is 1. The van der Waals surface area contributed by atoms with Crippen molar-refractivity contribution in [3.8, 4) is 5.75 Å². The Kier molecular flexibility index (Phi) is 3.39. The molecule has 0 aromatic heterocycles. The minimum Gasteiger partial charge on any atom is -0.508 e. The van der Waals surface area contributed by atoms with Crippen LogP contribution in [0.4, 0.5) is 0 Å². The summed E-state index contributed by atoms with van der Waals surface area (Å²) in [6.07, 6.45) is 6.32. The number of aryl methyl sites for hydroxylation is 1. The van der Waals surface area contributed by atoms with Gasteiger partial charge in [-0.2, -0.15) is 0 Å². The van der Waals surface area contributed by atoms with Crippen molar-refractivity contribution in [2.75, 3.05) is 0 Å². The molecule has 1 aromatic carbocycles. The van der Waals surface area contributed by atoms with Crippen molar-refractivity contribution in [2.24, 2.45) is 0 Å². The highest BCUT2D eigenvalue weighted by molar-refractivity contribution is 5.26. The molecule has 1 rings (SSSR count). The lowest BCUT2D eigenvalue weighted by molar-refractivity contribution is 0.475. The monoisotopic (exact) mass is 162 g/mol. The first-order chi connectivity index (χ1) is 5.83. The molecule has 0 fully saturated rings. The van der Waals surface area contributed by atoms with Crippen LogP contribution in [0.3, 0.4) is 0 Å². The number of phenols is 1. The molecule has 1 nitrogen and oxygen atoms in total. The summed E-state index contributed by atoms with van der Waals surface area (Å²) in [6, 6.07) is 7.37. The predicted molar refractivity (Wildman–Crippen MR) is 51.2 cm³/mol. The van der Waals surface area contributed by atoms with Gasteiger partial charge in [0.05, 0.1) is 0 Å². The Hall–Kier alpha value is -1.24. The Morgan fingerprint density at radius 1 is 1.25 bits per heavy atom. The van der Waals surface area contributed by atoms with E-state index in [1.54, 1.807) is 12.1 Å². The van der Waals surface area contributed by atoms with Crippen LogP contribution in [0.15, 0.2) is 36.4 Å². The Morgan fingerprint density at radius 3 is 2.50 bits per heavy atom. The topological polar surface area (TPSA) is 20.2 Å². The number of benzene rings is 1. The molecule has 1 heteroatoms. The summed E-state index contributed by atoms with van der Waals surface area (Å²) in [7, 11) is 0. The van der Waals surface area contributed by atoms with Crippen LogP contribution in [0.25, 0.3) is 0 Å². The molecule has 0 atom stereocenters. The number of rotatable bonds is 3. The lowest BCUT2D eigenvalue weighted by Crippen LogP contribution is -1.81. The molecule has 0 saturated carbocycles. The minimum absolute atomic E-state index is 0.338. The summed E-state index contributed by atoms with van der Waals surface area (Å²) in [5.74, 6) is 0.338. The standard InChI is InChI=1S/C11H14O/c1-2-3-4-5-10-6-8-11(12)9-7-10/h2-3,6-9,12H,4-5H2,1H3/b3-2-. The van der Waals surface area contributed by atoms with Gasteiger partial charge >= 0.3 is 0 Å². The van der Waals surface area contributed by atoms with E-state index in [2.05, 4.69) is 12.2 Å². The van der Waals surface area contributed by atoms with Crippen molar-refractivity contribution in [1.29, 1.82) is 0 Å². The molecule has 0 saturated heterocycles. The van der Waals surface area contributed by atoms with E-state index in [9.17, 15) is 0 Å². The summed E-state index contributed by atoms with van der Waals surface area (Å²) >= 11 is 0. The molecule has 0 spiro atoms. The van der Waals surface area contributed by atoms with Crippen LogP contribution in [0.1, 0.15) is 18.9 Å². The van der Waals surface area contributed by atoms with Crippen molar-refractivity contribution < 1.29 is 5.11 Å². The highest BCUT2D eigenvalue weighted by Gasteiger charge is 1.90. The van der Waals surface area contributed by atoms with E-state index in [1.165, 1.54) is 5.56 Å². The van der Waals surface area contributed by atoms with Gasteiger partial charge in [-0.05, 0) is 37.5 Å². The molecule has 64 valence electrons. The van der Waals surface area contributed by atoms with Gasteiger partial charge in [-0.3, -0.25) is 0 Å². The number of phenolic OH excluding ortho intramolecular Hbond substituents is 1. The summed E-state index contributed by atoms with van der Waals surface area (Å²) in [5, 5.41) is 9.01. The molecule has 1 N–H and O–H groups in total. The molecule has 0 amide bonds. The number of aromatic hydroxyl groups is 1. The predicted octanol–water partition coefficient (Wildman–Crippen LogP) is 2.90. The molecule has 0 bridgehead atoms. The Morgan fingerprint density at radius 2 is 1.92 bits per heavy atom. The van der Waals surface area contributed by atoms with Crippen molar-refractivity contribution in [1.82, 2.24) is 0 Å². The highest BCUT2D eigenvalue weighted by atomic mass is 16.3. The third kappa shape index (κ3) is 2.79. The third-order valence-corrected chi connectivity index (χ3v) is 1.77.